The van der Waals surface area contributed by atoms with Gasteiger partial charge in [-0.2, -0.15) is 0 Å². The summed E-state index contributed by atoms with van der Waals surface area (Å²) in [6.45, 7) is 2.01. The molecular weight excluding hydrogens is 472 g/mol. The highest BCUT2D eigenvalue weighted by molar-refractivity contribution is 8.00. The number of aryl methyl sites for hydroxylation is 1. The number of nitrogens with zero attached hydrogens (tertiary/aromatic N) is 1. The largest absolute Gasteiger partial charge is 0.324 e. The number of carbonyl (C=O) groups is 1. The number of para-hydroxylation sites is 1. The molecule has 3 aliphatic rings. The van der Waals surface area contributed by atoms with Crippen LogP contribution in [0.4, 0.5) is 5.69 Å². The van der Waals surface area contributed by atoms with Gasteiger partial charge in [-0.25, -0.2) is 0 Å². The fourth-order valence-electron chi connectivity index (χ4n) is 6.18. The zero-order valence-electron chi connectivity index (χ0n) is 18.3. The van der Waals surface area contributed by atoms with Crippen LogP contribution >= 0.6 is 34.7 Å². The van der Waals surface area contributed by atoms with Crippen molar-refractivity contribution < 1.29 is 4.79 Å². The van der Waals surface area contributed by atoms with Crippen LogP contribution in [0.1, 0.15) is 41.2 Å². The van der Waals surface area contributed by atoms with E-state index in [1.807, 2.05) is 55.1 Å². The monoisotopic (exact) mass is 496 g/mol. The first-order chi connectivity index (χ1) is 16.0. The summed E-state index contributed by atoms with van der Waals surface area (Å²) in [6, 6.07) is 15.9. The lowest BCUT2D eigenvalue weighted by Gasteiger charge is -2.40. The van der Waals surface area contributed by atoms with Gasteiger partial charge in [-0.1, -0.05) is 53.3 Å². The second kappa shape index (κ2) is 8.33. The number of fused-ring (bicyclic) bond motifs is 6. The molecule has 2 aliphatic carbocycles. The summed E-state index contributed by atoms with van der Waals surface area (Å²) in [5.41, 5.74) is 3.04. The van der Waals surface area contributed by atoms with Crippen molar-refractivity contribution in [2.45, 2.75) is 48.9 Å². The van der Waals surface area contributed by atoms with E-state index < -0.39 is 0 Å². The second-order valence-electron chi connectivity index (χ2n) is 9.51. The van der Waals surface area contributed by atoms with E-state index in [9.17, 15) is 9.59 Å². The number of thioether (sulfide) groups is 1. The Morgan fingerprint density at radius 2 is 1.88 bits per heavy atom. The van der Waals surface area contributed by atoms with Gasteiger partial charge in [0.25, 0.3) is 0 Å². The van der Waals surface area contributed by atoms with Crippen molar-refractivity contribution in [2.24, 2.45) is 17.8 Å². The van der Waals surface area contributed by atoms with Gasteiger partial charge in [-0.15, -0.1) is 11.8 Å². The molecule has 0 radical (unpaired) electrons. The van der Waals surface area contributed by atoms with Gasteiger partial charge >= 0.3 is 4.87 Å². The predicted molar refractivity (Wildman–Crippen MR) is 136 cm³/mol. The van der Waals surface area contributed by atoms with Gasteiger partial charge < -0.3 is 5.32 Å². The van der Waals surface area contributed by atoms with Gasteiger partial charge in [-0.05, 0) is 73.3 Å². The Morgan fingerprint density at radius 1 is 1.12 bits per heavy atom. The summed E-state index contributed by atoms with van der Waals surface area (Å²) in [5.74, 6) is 2.02. The molecule has 0 unspecified atom stereocenters. The average Bonchev–Trinajstić information content (AvgIpc) is 3.49. The van der Waals surface area contributed by atoms with E-state index in [2.05, 4.69) is 17.4 Å². The van der Waals surface area contributed by atoms with Crippen molar-refractivity contribution in [1.29, 1.82) is 0 Å². The Balaban J connectivity index is 1.37. The minimum atomic E-state index is -0.161. The average molecular weight is 497 g/mol. The number of nitrogens with one attached hydrogen (secondary N) is 1. The zero-order chi connectivity index (χ0) is 22.7. The van der Waals surface area contributed by atoms with Crippen molar-refractivity contribution in [2.75, 3.05) is 5.32 Å². The van der Waals surface area contributed by atoms with E-state index >= 15 is 0 Å². The maximum atomic E-state index is 13.2. The molecule has 5 atom stereocenters. The minimum absolute atomic E-state index is 0.0429. The van der Waals surface area contributed by atoms with Crippen LogP contribution in [0.5, 0.6) is 0 Å². The summed E-state index contributed by atoms with van der Waals surface area (Å²) in [4.78, 5) is 27.2. The van der Waals surface area contributed by atoms with Crippen LogP contribution in [0, 0.1) is 24.7 Å². The third-order valence-electron chi connectivity index (χ3n) is 7.64. The van der Waals surface area contributed by atoms with E-state index in [0.717, 1.165) is 32.1 Å². The van der Waals surface area contributed by atoms with Gasteiger partial charge in [0.1, 0.15) is 6.54 Å². The fraction of sp³-hybridized carbons (Fsp3) is 0.385. The molecule has 2 bridgehead atoms. The lowest BCUT2D eigenvalue weighted by atomic mass is 9.75. The molecule has 1 aromatic heterocycles. The van der Waals surface area contributed by atoms with E-state index in [4.69, 9.17) is 11.6 Å². The van der Waals surface area contributed by atoms with Gasteiger partial charge in [0.2, 0.25) is 5.91 Å². The second-order valence-corrected chi connectivity index (χ2v) is 12.1. The number of benzene rings is 2. The smallest absolute Gasteiger partial charge is 0.308 e. The quantitative estimate of drug-likeness (QED) is 0.470. The summed E-state index contributed by atoms with van der Waals surface area (Å²) in [7, 11) is 0. The number of amides is 1. The van der Waals surface area contributed by atoms with Crippen molar-refractivity contribution >= 4 is 46.3 Å². The number of halogens is 1. The molecule has 2 aromatic carbocycles. The van der Waals surface area contributed by atoms with E-state index in [-0.39, 0.29) is 23.2 Å². The maximum Gasteiger partial charge on any atom is 0.308 e. The molecule has 0 spiro atoms. The number of anilines is 1. The molecule has 2 saturated carbocycles. The molecule has 1 N–H and O–H groups in total. The first-order valence-electron chi connectivity index (χ1n) is 11.5. The number of aromatic nitrogens is 1. The molecule has 1 aliphatic heterocycles. The van der Waals surface area contributed by atoms with Gasteiger partial charge in [0.15, 0.2) is 0 Å². The molecule has 7 heteroatoms. The minimum Gasteiger partial charge on any atom is -0.324 e. The van der Waals surface area contributed by atoms with Crippen LogP contribution in [0.15, 0.2) is 58.4 Å². The van der Waals surface area contributed by atoms with Crippen LogP contribution in [0.2, 0.25) is 5.02 Å². The third-order valence-corrected chi connectivity index (χ3v) is 10.7. The molecule has 0 saturated heterocycles. The zero-order valence-corrected chi connectivity index (χ0v) is 20.7. The highest BCUT2D eigenvalue weighted by Gasteiger charge is 2.55. The van der Waals surface area contributed by atoms with Crippen LogP contribution in [0.25, 0.3) is 0 Å². The summed E-state index contributed by atoms with van der Waals surface area (Å²) < 4.78 is 1.71. The lowest BCUT2D eigenvalue weighted by molar-refractivity contribution is -0.116. The summed E-state index contributed by atoms with van der Waals surface area (Å²) in [6.07, 6.45) is 3.86. The molecule has 1 amide bonds. The number of carbonyl (C=O) groups excluding carboxylic acids is 1. The Kier molecular flexibility index (Phi) is 5.43. The van der Waals surface area contributed by atoms with Crippen molar-refractivity contribution in [3.63, 3.8) is 0 Å². The van der Waals surface area contributed by atoms with E-state index in [1.54, 1.807) is 4.57 Å². The number of hydrogen-bond donors (Lipinski definition) is 1. The van der Waals surface area contributed by atoms with E-state index in [1.165, 1.54) is 36.2 Å². The van der Waals surface area contributed by atoms with Crippen LogP contribution in [-0.2, 0) is 11.3 Å². The normalized spacial score (nSPS) is 27.3. The lowest BCUT2D eigenvalue weighted by Crippen LogP contribution is -2.34. The Labute approximate surface area is 206 Å². The van der Waals surface area contributed by atoms with Crippen molar-refractivity contribution in [1.82, 2.24) is 4.57 Å². The Hall–Kier alpha value is -2.02. The van der Waals surface area contributed by atoms with Crippen molar-refractivity contribution in [3.8, 4) is 0 Å². The molecule has 170 valence electrons. The topological polar surface area (TPSA) is 51.1 Å². The molecule has 2 heterocycles. The van der Waals surface area contributed by atoms with E-state index in [0.29, 0.717) is 17.1 Å². The van der Waals surface area contributed by atoms with Crippen LogP contribution in [0.3, 0.4) is 0 Å². The maximum absolute atomic E-state index is 13.2. The molecule has 3 aromatic rings. The standard InChI is InChI=1S/C26H25ClN2O2S2/c1-14-4-2-3-5-19(14)28-20(30)13-29-25-24(33-26(29)31)21(15-8-10-18(27)11-9-15)22-16-6-7-17(12-16)23(22)32-25/h2-5,8-11,16-17,21-23H,6-7,12-13H2,1H3,(H,28,30)/t16-,17-,21-,22+,23-/m0/s1. The fourth-order valence-corrected chi connectivity index (χ4v) is 9.45. The van der Waals surface area contributed by atoms with Crippen LogP contribution in [-0.4, -0.2) is 15.7 Å². The summed E-state index contributed by atoms with van der Waals surface area (Å²) in [5, 5.41) is 5.23. The first-order valence-corrected chi connectivity index (χ1v) is 13.6. The van der Waals surface area contributed by atoms with Crippen LogP contribution < -0.4 is 10.2 Å². The molecule has 6 rings (SSSR count). The molecule has 4 nitrogen and oxygen atoms in total. The third kappa shape index (κ3) is 3.67. The highest BCUT2D eigenvalue weighted by Crippen LogP contribution is 2.64. The van der Waals surface area contributed by atoms with Gasteiger partial charge in [0.05, 0.1) is 5.03 Å². The highest BCUT2D eigenvalue weighted by atomic mass is 35.5. The number of hydrogen-bond acceptors (Lipinski definition) is 4. The molecule has 2 fully saturated rings. The van der Waals surface area contributed by atoms with Gasteiger partial charge in [-0.3, -0.25) is 14.2 Å². The molecular formula is C26H25ClN2O2S2. The molecule has 33 heavy (non-hydrogen) atoms. The predicted octanol–water partition coefficient (Wildman–Crippen LogP) is 6.16. The van der Waals surface area contributed by atoms with Gasteiger partial charge in [0, 0.05) is 26.8 Å². The summed E-state index contributed by atoms with van der Waals surface area (Å²) >= 11 is 9.37. The Morgan fingerprint density at radius 3 is 2.67 bits per heavy atom. The number of rotatable bonds is 4. The number of thiazole rings is 1. The first kappa shape index (κ1) is 21.5. The SMILES string of the molecule is Cc1ccccc1NC(=O)Cn1c2c(sc1=O)[C@@H](c1ccc(Cl)cc1)[C@H]1[C@H]3CC[C@@H](C3)[C@@H]1S2. The van der Waals surface area contributed by atoms with Crippen molar-refractivity contribution in [3.05, 3.63) is 79.2 Å². The Bertz CT molecular complexity index is 1280.